The van der Waals surface area contributed by atoms with Crippen molar-refractivity contribution >= 4 is 17.0 Å². The van der Waals surface area contributed by atoms with E-state index in [1.807, 2.05) is 10.6 Å². The molecule has 0 saturated heterocycles. The molecule has 1 N–H and O–H groups in total. The lowest BCUT2D eigenvalue weighted by atomic mass is 10.1. The molecular formula is C34H29FN4O5. The van der Waals surface area contributed by atoms with E-state index in [0.717, 1.165) is 18.4 Å². The first kappa shape index (κ1) is 28.8. The quantitative estimate of drug-likeness (QED) is 0.183. The number of nitrogens with zero attached hydrogens (tertiary/aromatic N) is 4. The lowest BCUT2D eigenvalue weighted by molar-refractivity contribution is 0.0697. The topological polar surface area (TPSA) is 119 Å². The van der Waals surface area contributed by atoms with Crippen LogP contribution in [-0.2, 0) is 24.3 Å². The molecule has 0 aliphatic heterocycles. The number of imidazole rings is 1. The van der Waals surface area contributed by atoms with Gasteiger partial charge in [0, 0.05) is 37.3 Å². The number of hydrogen-bond acceptors (Lipinski definition) is 7. The highest BCUT2D eigenvalue weighted by Gasteiger charge is 2.25. The highest BCUT2D eigenvalue weighted by molar-refractivity contribution is 5.92. The van der Waals surface area contributed by atoms with E-state index >= 15 is 4.39 Å². The summed E-state index contributed by atoms with van der Waals surface area (Å²) in [5, 5.41) is 18.7. The summed E-state index contributed by atoms with van der Waals surface area (Å²) in [4.78, 5) is 20.8. The van der Waals surface area contributed by atoms with E-state index in [-0.39, 0.29) is 24.7 Å². The van der Waals surface area contributed by atoms with Gasteiger partial charge in [-0.1, -0.05) is 24.3 Å². The Bertz CT molecular complexity index is 1890. The van der Waals surface area contributed by atoms with Gasteiger partial charge in [0.1, 0.15) is 24.0 Å². The molecule has 0 radical (unpaired) electrons. The Morgan fingerprint density at radius 3 is 2.66 bits per heavy atom. The van der Waals surface area contributed by atoms with Crippen molar-refractivity contribution in [3.8, 4) is 29.0 Å². The number of halogens is 1. The number of ether oxygens (including phenoxy) is 3. The Labute approximate surface area is 253 Å². The molecule has 2 heterocycles. The highest BCUT2D eigenvalue weighted by atomic mass is 19.1. The number of nitriles is 1. The number of hydrogen-bond donors (Lipinski definition) is 1. The third-order valence-corrected chi connectivity index (χ3v) is 7.40. The van der Waals surface area contributed by atoms with Gasteiger partial charge in [0.15, 0.2) is 0 Å². The van der Waals surface area contributed by atoms with Crippen LogP contribution in [0.1, 0.15) is 45.7 Å². The number of aromatic carboxylic acids is 1. The molecule has 9 nitrogen and oxygen atoms in total. The van der Waals surface area contributed by atoms with E-state index in [0.29, 0.717) is 64.0 Å². The smallest absolute Gasteiger partial charge is 0.335 e. The third-order valence-electron chi connectivity index (χ3n) is 7.40. The fraction of sp³-hybridized carbons (Fsp3) is 0.235. The van der Waals surface area contributed by atoms with Gasteiger partial charge in [-0.2, -0.15) is 5.26 Å². The SMILES string of the molecule is COCCn1c(Cc2ccc(-c3cccc(OCc4ccc(C#N)cc4OC4CC4)n3)cc2F)nc2ccc(C(=O)O)cc21. The van der Waals surface area contributed by atoms with Crippen LogP contribution in [0, 0.1) is 17.1 Å². The molecule has 222 valence electrons. The zero-order valence-electron chi connectivity index (χ0n) is 24.0. The van der Waals surface area contributed by atoms with Crippen LogP contribution >= 0.6 is 0 Å². The second-order valence-electron chi connectivity index (χ2n) is 10.6. The minimum Gasteiger partial charge on any atom is -0.490 e. The van der Waals surface area contributed by atoms with Gasteiger partial charge in [-0.3, -0.25) is 0 Å². The molecule has 2 aromatic heterocycles. The summed E-state index contributed by atoms with van der Waals surface area (Å²) in [6, 6.07) is 22.4. The van der Waals surface area contributed by atoms with E-state index in [1.165, 1.54) is 12.1 Å². The molecular weight excluding hydrogens is 563 g/mol. The van der Waals surface area contributed by atoms with Crippen molar-refractivity contribution in [3.05, 3.63) is 107 Å². The van der Waals surface area contributed by atoms with Crippen LogP contribution in [0.15, 0.2) is 72.8 Å². The van der Waals surface area contributed by atoms with Crippen LogP contribution in [0.4, 0.5) is 4.39 Å². The average molecular weight is 593 g/mol. The molecule has 6 rings (SSSR count). The van der Waals surface area contributed by atoms with Gasteiger partial charge in [-0.15, -0.1) is 0 Å². The Morgan fingerprint density at radius 1 is 1.07 bits per heavy atom. The zero-order valence-corrected chi connectivity index (χ0v) is 24.0. The summed E-state index contributed by atoms with van der Waals surface area (Å²) in [5.41, 5.74) is 4.36. The average Bonchev–Trinajstić information content (AvgIpc) is 3.79. The van der Waals surface area contributed by atoms with Crippen molar-refractivity contribution in [2.75, 3.05) is 13.7 Å². The van der Waals surface area contributed by atoms with Crippen molar-refractivity contribution in [1.82, 2.24) is 14.5 Å². The first-order valence-corrected chi connectivity index (χ1v) is 14.2. The van der Waals surface area contributed by atoms with Gasteiger partial charge in [-0.25, -0.2) is 19.2 Å². The number of carboxylic acids is 1. The van der Waals surface area contributed by atoms with Gasteiger partial charge in [0.05, 0.1) is 46.6 Å². The summed E-state index contributed by atoms with van der Waals surface area (Å²) in [6.07, 6.45) is 2.38. The number of fused-ring (bicyclic) bond motifs is 1. The van der Waals surface area contributed by atoms with Crippen molar-refractivity contribution < 1.29 is 28.5 Å². The number of pyridine rings is 1. The van der Waals surface area contributed by atoms with Gasteiger partial charge in [0.2, 0.25) is 5.88 Å². The number of aromatic nitrogens is 3. The van der Waals surface area contributed by atoms with Crippen molar-refractivity contribution in [2.45, 2.75) is 38.5 Å². The Hall–Kier alpha value is -5.27. The number of carboxylic acid groups (broad SMARTS) is 1. The summed E-state index contributed by atoms with van der Waals surface area (Å²) in [6.45, 7) is 1.04. The van der Waals surface area contributed by atoms with Crippen LogP contribution in [0.5, 0.6) is 11.6 Å². The third kappa shape index (κ3) is 6.38. The molecule has 1 saturated carbocycles. The van der Waals surface area contributed by atoms with E-state index in [1.54, 1.807) is 61.7 Å². The monoisotopic (exact) mass is 592 g/mol. The van der Waals surface area contributed by atoms with Gasteiger partial charge < -0.3 is 23.9 Å². The predicted molar refractivity (Wildman–Crippen MR) is 160 cm³/mol. The van der Waals surface area contributed by atoms with Crippen LogP contribution in [-0.4, -0.2) is 45.4 Å². The van der Waals surface area contributed by atoms with Crippen LogP contribution < -0.4 is 9.47 Å². The van der Waals surface area contributed by atoms with Crippen molar-refractivity contribution in [2.24, 2.45) is 0 Å². The summed E-state index contributed by atoms with van der Waals surface area (Å²) in [5.74, 6) is 0.179. The molecule has 1 fully saturated rings. The summed E-state index contributed by atoms with van der Waals surface area (Å²) in [7, 11) is 1.59. The number of rotatable bonds is 12. The fourth-order valence-corrected chi connectivity index (χ4v) is 4.92. The molecule has 0 atom stereocenters. The zero-order chi connectivity index (χ0) is 30.6. The molecule has 10 heteroatoms. The lowest BCUT2D eigenvalue weighted by Gasteiger charge is -2.13. The maximum absolute atomic E-state index is 15.5. The Morgan fingerprint density at radius 2 is 1.91 bits per heavy atom. The van der Waals surface area contributed by atoms with E-state index < -0.39 is 11.8 Å². The second kappa shape index (κ2) is 12.5. The summed E-state index contributed by atoms with van der Waals surface area (Å²) >= 11 is 0. The fourth-order valence-electron chi connectivity index (χ4n) is 4.92. The van der Waals surface area contributed by atoms with Crippen LogP contribution in [0.25, 0.3) is 22.3 Å². The van der Waals surface area contributed by atoms with Crippen LogP contribution in [0.2, 0.25) is 0 Å². The lowest BCUT2D eigenvalue weighted by Crippen LogP contribution is -2.10. The molecule has 0 amide bonds. The molecule has 1 aliphatic carbocycles. The second-order valence-corrected chi connectivity index (χ2v) is 10.6. The van der Waals surface area contributed by atoms with E-state index in [9.17, 15) is 15.2 Å². The van der Waals surface area contributed by atoms with Gasteiger partial charge in [-0.05, 0) is 60.9 Å². The standard InChI is InChI=1S/C34H29FN4O5/c1-42-14-13-39-30-17-24(34(40)41)9-12-29(30)37-32(39)18-22-7-8-23(16-27(22)35)28-3-2-4-33(38-28)43-20-25-6-5-21(19-36)15-31(25)44-26-10-11-26/h2-9,12,15-17,26H,10-11,13-14,18,20H2,1H3,(H,40,41). The van der Waals surface area contributed by atoms with Gasteiger partial charge in [0.25, 0.3) is 0 Å². The molecule has 1 aliphatic rings. The normalized spacial score (nSPS) is 12.7. The molecule has 3 aromatic carbocycles. The minimum atomic E-state index is -1.03. The Balaban J connectivity index is 1.20. The molecule has 0 bridgehead atoms. The molecule has 0 unspecified atom stereocenters. The molecule has 44 heavy (non-hydrogen) atoms. The largest absolute Gasteiger partial charge is 0.490 e. The van der Waals surface area contributed by atoms with Crippen LogP contribution in [0.3, 0.4) is 0 Å². The molecule has 5 aromatic rings. The van der Waals surface area contributed by atoms with Crippen molar-refractivity contribution in [3.63, 3.8) is 0 Å². The maximum Gasteiger partial charge on any atom is 0.335 e. The number of methoxy groups -OCH3 is 1. The Kier molecular flexibility index (Phi) is 8.21. The summed E-state index contributed by atoms with van der Waals surface area (Å²) < 4.78 is 34.5. The number of benzene rings is 3. The first-order valence-electron chi connectivity index (χ1n) is 14.2. The highest BCUT2D eigenvalue weighted by Crippen LogP contribution is 2.31. The van der Waals surface area contributed by atoms with Gasteiger partial charge >= 0.3 is 5.97 Å². The first-order chi connectivity index (χ1) is 21.4. The van der Waals surface area contributed by atoms with E-state index in [4.69, 9.17) is 14.2 Å². The molecule has 0 spiro atoms. The predicted octanol–water partition coefficient (Wildman–Crippen LogP) is 6.16. The maximum atomic E-state index is 15.5. The number of carbonyl (C=O) groups is 1. The van der Waals surface area contributed by atoms with E-state index in [2.05, 4.69) is 16.0 Å². The van der Waals surface area contributed by atoms with Crippen molar-refractivity contribution in [1.29, 1.82) is 5.26 Å². The minimum absolute atomic E-state index is 0.154.